The van der Waals surface area contributed by atoms with Crippen LogP contribution in [0.1, 0.15) is 31.7 Å². The summed E-state index contributed by atoms with van der Waals surface area (Å²) >= 11 is 12.0. The van der Waals surface area contributed by atoms with Crippen molar-refractivity contribution in [2.75, 3.05) is 6.54 Å². The SMILES string of the molecule is CC1(CNCc2ccc(Cl)cc2Cl)CCC1. The summed E-state index contributed by atoms with van der Waals surface area (Å²) in [6.45, 7) is 4.24. The molecule has 1 aromatic rings. The van der Waals surface area contributed by atoms with Gasteiger partial charge in [0.15, 0.2) is 0 Å². The molecule has 0 radical (unpaired) electrons. The second-order valence-electron chi connectivity index (χ2n) is 5.00. The van der Waals surface area contributed by atoms with Gasteiger partial charge in [0.05, 0.1) is 0 Å². The Morgan fingerprint density at radius 1 is 1.31 bits per heavy atom. The van der Waals surface area contributed by atoms with E-state index >= 15 is 0 Å². The number of hydrogen-bond acceptors (Lipinski definition) is 1. The van der Waals surface area contributed by atoms with Crippen molar-refractivity contribution in [1.82, 2.24) is 5.32 Å². The molecule has 0 atom stereocenters. The van der Waals surface area contributed by atoms with Gasteiger partial charge in [-0.25, -0.2) is 0 Å². The molecule has 1 aliphatic carbocycles. The molecule has 0 bridgehead atoms. The van der Waals surface area contributed by atoms with Crippen LogP contribution in [0.3, 0.4) is 0 Å². The van der Waals surface area contributed by atoms with E-state index < -0.39 is 0 Å². The standard InChI is InChI=1S/C13H17Cl2N/c1-13(5-2-6-13)9-16-8-10-3-4-11(14)7-12(10)15/h3-4,7,16H,2,5-6,8-9H2,1H3. The van der Waals surface area contributed by atoms with Crippen molar-refractivity contribution in [3.05, 3.63) is 33.8 Å². The fourth-order valence-corrected chi connectivity index (χ4v) is 2.60. The monoisotopic (exact) mass is 257 g/mol. The molecule has 0 unspecified atom stereocenters. The molecule has 1 aromatic carbocycles. The van der Waals surface area contributed by atoms with Crippen LogP contribution >= 0.6 is 23.2 Å². The molecule has 1 fully saturated rings. The van der Waals surface area contributed by atoms with Gasteiger partial charge in [-0.1, -0.05) is 42.6 Å². The van der Waals surface area contributed by atoms with Gasteiger partial charge in [-0.2, -0.15) is 0 Å². The molecule has 1 nitrogen and oxygen atoms in total. The molecule has 0 aromatic heterocycles. The maximum atomic E-state index is 6.10. The molecule has 1 aliphatic rings. The Bertz CT molecular complexity index is 372. The first kappa shape index (κ1) is 12.2. The van der Waals surface area contributed by atoms with E-state index in [1.165, 1.54) is 19.3 Å². The molecular weight excluding hydrogens is 241 g/mol. The Morgan fingerprint density at radius 2 is 2.06 bits per heavy atom. The van der Waals surface area contributed by atoms with Gasteiger partial charge in [-0.05, 0) is 36.0 Å². The van der Waals surface area contributed by atoms with Gasteiger partial charge >= 0.3 is 0 Å². The number of nitrogens with one attached hydrogen (secondary N) is 1. The van der Waals surface area contributed by atoms with E-state index in [0.717, 1.165) is 23.7 Å². The average molecular weight is 258 g/mol. The third kappa shape index (κ3) is 2.91. The molecule has 0 spiro atoms. The van der Waals surface area contributed by atoms with Gasteiger partial charge in [-0.15, -0.1) is 0 Å². The summed E-state index contributed by atoms with van der Waals surface area (Å²) in [5, 5.41) is 4.92. The van der Waals surface area contributed by atoms with Gasteiger partial charge < -0.3 is 5.32 Å². The van der Waals surface area contributed by atoms with Crippen LogP contribution in [0.2, 0.25) is 10.0 Å². The van der Waals surface area contributed by atoms with Gasteiger partial charge in [-0.3, -0.25) is 0 Å². The quantitative estimate of drug-likeness (QED) is 0.850. The highest BCUT2D eigenvalue weighted by atomic mass is 35.5. The Balaban J connectivity index is 1.85. The highest BCUT2D eigenvalue weighted by Gasteiger charge is 2.30. The lowest BCUT2D eigenvalue weighted by Crippen LogP contribution is -2.37. The molecule has 0 heterocycles. The molecule has 2 rings (SSSR count). The van der Waals surface area contributed by atoms with Crippen molar-refractivity contribution < 1.29 is 0 Å². The molecule has 0 saturated heterocycles. The molecule has 3 heteroatoms. The van der Waals surface area contributed by atoms with E-state index in [2.05, 4.69) is 12.2 Å². The highest BCUT2D eigenvalue weighted by molar-refractivity contribution is 6.35. The predicted octanol–water partition coefficient (Wildman–Crippen LogP) is 4.27. The van der Waals surface area contributed by atoms with Crippen LogP contribution in [0, 0.1) is 5.41 Å². The number of halogens is 2. The van der Waals surface area contributed by atoms with Gasteiger partial charge in [0, 0.05) is 23.1 Å². The normalized spacial score (nSPS) is 18.2. The van der Waals surface area contributed by atoms with Crippen LogP contribution in [0.5, 0.6) is 0 Å². The lowest BCUT2D eigenvalue weighted by Gasteiger charge is -2.38. The zero-order valence-corrected chi connectivity index (χ0v) is 11.0. The third-order valence-electron chi connectivity index (χ3n) is 3.44. The smallest absolute Gasteiger partial charge is 0.0465 e. The van der Waals surface area contributed by atoms with Crippen molar-refractivity contribution in [2.45, 2.75) is 32.7 Å². The van der Waals surface area contributed by atoms with E-state index in [0.29, 0.717) is 10.4 Å². The second-order valence-corrected chi connectivity index (χ2v) is 5.85. The minimum Gasteiger partial charge on any atom is -0.312 e. The Morgan fingerprint density at radius 3 is 2.62 bits per heavy atom. The second kappa shape index (κ2) is 4.95. The number of benzene rings is 1. The first-order valence-corrected chi connectivity index (χ1v) is 6.49. The zero-order chi connectivity index (χ0) is 11.6. The summed E-state index contributed by atoms with van der Waals surface area (Å²) in [6.07, 6.45) is 4.06. The first-order valence-electron chi connectivity index (χ1n) is 5.74. The van der Waals surface area contributed by atoms with Crippen LogP contribution in [-0.4, -0.2) is 6.54 Å². The maximum Gasteiger partial charge on any atom is 0.0465 e. The van der Waals surface area contributed by atoms with E-state index in [4.69, 9.17) is 23.2 Å². The predicted molar refractivity (Wildman–Crippen MR) is 70.1 cm³/mol. The summed E-state index contributed by atoms with van der Waals surface area (Å²) < 4.78 is 0. The van der Waals surface area contributed by atoms with Crippen LogP contribution in [0.4, 0.5) is 0 Å². The van der Waals surface area contributed by atoms with Gasteiger partial charge in [0.2, 0.25) is 0 Å². The summed E-state index contributed by atoms with van der Waals surface area (Å²) in [5.74, 6) is 0. The zero-order valence-electron chi connectivity index (χ0n) is 9.52. The summed E-state index contributed by atoms with van der Waals surface area (Å²) in [4.78, 5) is 0. The van der Waals surface area contributed by atoms with Gasteiger partial charge in [0.1, 0.15) is 0 Å². The van der Waals surface area contributed by atoms with Crippen LogP contribution < -0.4 is 5.32 Å². The summed E-state index contributed by atoms with van der Waals surface area (Å²) in [5.41, 5.74) is 1.63. The third-order valence-corrected chi connectivity index (χ3v) is 4.03. The number of rotatable bonds is 4. The fraction of sp³-hybridized carbons (Fsp3) is 0.538. The largest absolute Gasteiger partial charge is 0.312 e. The lowest BCUT2D eigenvalue weighted by molar-refractivity contribution is 0.156. The maximum absolute atomic E-state index is 6.10. The van der Waals surface area contributed by atoms with Crippen molar-refractivity contribution in [2.24, 2.45) is 5.41 Å². The summed E-state index contributed by atoms with van der Waals surface area (Å²) in [7, 11) is 0. The molecule has 0 aliphatic heterocycles. The van der Waals surface area contributed by atoms with Crippen molar-refractivity contribution >= 4 is 23.2 Å². The van der Waals surface area contributed by atoms with Gasteiger partial charge in [0.25, 0.3) is 0 Å². The Labute approximate surface area is 107 Å². The molecular formula is C13H17Cl2N. The van der Waals surface area contributed by atoms with Crippen LogP contribution in [0.15, 0.2) is 18.2 Å². The molecule has 1 saturated carbocycles. The molecule has 1 N–H and O–H groups in total. The topological polar surface area (TPSA) is 12.0 Å². The van der Waals surface area contributed by atoms with Crippen molar-refractivity contribution in [3.8, 4) is 0 Å². The van der Waals surface area contributed by atoms with Crippen LogP contribution in [0.25, 0.3) is 0 Å². The lowest BCUT2D eigenvalue weighted by atomic mass is 9.70. The van der Waals surface area contributed by atoms with E-state index in [1.54, 1.807) is 6.07 Å². The average Bonchev–Trinajstić information content (AvgIpc) is 2.19. The van der Waals surface area contributed by atoms with Crippen molar-refractivity contribution in [1.29, 1.82) is 0 Å². The van der Waals surface area contributed by atoms with E-state index in [-0.39, 0.29) is 0 Å². The molecule has 88 valence electrons. The Hall–Kier alpha value is -0.240. The van der Waals surface area contributed by atoms with E-state index in [9.17, 15) is 0 Å². The Kier molecular flexibility index (Phi) is 3.78. The molecule has 0 amide bonds. The molecule has 16 heavy (non-hydrogen) atoms. The summed E-state index contributed by atoms with van der Waals surface area (Å²) in [6, 6.07) is 5.67. The number of hydrogen-bond donors (Lipinski definition) is 1. The van der Waals surface area contributed by atoms with Crippen molar-refractivity contribution in [3.63, 3.8) is 0 Å². The van der Waals surface area contributed by atoms with E-state index in [1.807, 2.05) is 12.1 Å². The minimum absolute atomic E-state index is 0.513. The minimum atomic E-state index is 0.513. The first-order chi connectivity index (χ1) is 7.59. The fourth-order valence-electron chi connectivity index (χ4n) is 2.12. The van der Waals surface area contributed by atoms with Crippen LogP contribution in [-0.2, 0) is 6.54 Å². The highest BCUT2D eigenvalue weighted by Crippen LogP contribution is 2.39.